The highest BCUT2D eigenvalue weighted by molar-refractivity contribution is 9.10. The summed E-state index contributed by atoms with van der Waals surface area (Å²) in [5.41, 5.74) is 1.00. The molecule has 0 aliphatic heterocycles. The Bertz CT molecular complexity index is 642. The van der Waals surface area contributed by atoms with E-state index in [1.54, 1.807) is 25.3 Å². The van der Waals surface area contributed by atoms with E-state index >= 15 is 0 Å². The summed E-state index contributed by atoms with van der Waals surface area (Å²) in [4.78, 5) is 4.30. The Morgan fingerprint density at radius 3 is 2.80 bits per heavy atom. The topological polar surface area (TPSA) is 17.3 Å². The van der Waals surface area contributed by atoms with Crippen molar-refractivity contribution in [1.29, 1.82) is 0 Å². The zero-order valence-electron chi connectivity index (χ0n) is 11.2. The fourth-order valence-corrected chi connectivity index (χ4v) is 1.96. The van der Waals surface area contributed by atoms with Crippen LogP contribution in [0.1, 0.15) is 12.7 Å². The number of allylic oxidation sites excluding steroid dienone is 5. The second-order valence-electron chi connectivity index (χ2n) is 3.62. The lowest BCUT2D eigenvalue weighted by Gasteiger charge is -1.97. The molecule has 2 aromatic rings. The van der Waals surface area contributed by atoms with Crippen molar-refractivity contribution in [3.63, 3.8) is 0 Å². The maximum atomic E-state index is 12.8. The van der Waals surface area contributed by atoms with Crippen molar-refractivity contribution in [3.8, 4) is 0 Å². The molecule has 0 amide bonds. The van der Waals surface area contributed by atoms with Crippen LogP contribution in [0.25, 0.3) is 11.6 Å². The van der Waals surface area contributed by atoms with Crippen molar-refractivity contribution in [2.24, 2.45) is 0 Å². The fourth-order valence-electron chi connectivity index (χ4n) is 1.52. The van der Waals surface area contributed by atoms with Gasteiger partial charge in [-0.3, -0.25) is 8.79 Å². The molecule has 0 N–H and O–H groups in total. The molecule has 0 radical (unpaired) electrons. The summed E-state index contributed by atoms with van der Waals surface area (Å²) in [7, 11) is 0.500. The van der Waals surface area contributed by atoms with E-state index in [2.05, 4.69) is 20.9 Å². The lowest BCUT2D eigenvalue weighted by molar-refractivity contribution is 0.636. The molecule has 2 aromatic heterocycles. The third-order valence-corrected chi connectivity index (χ3v) is 3.11. The number of halogens is 3. The summed E-state index contributed by atoms with van der Waals surface area (Å²) in [6.45, 7) is 1.66. The molecule has 0 fully saturated rings. The number of nitrogens with zero attached hydrogens (tertiary/aromatic N) is 2. The highest BCUT2D eigenvalue weighted by Gasteiger charge is 2.01. The molecule has 0 spiro atoms. The van der Waals surface area contributed by atoms with Gasteiger partial charge < -0.3 is 0 Å². The van der Waals surface area contributed by atoms with Crippen molar-refractivity contribution in [2.45, 2.75) is 6.92 Å². The second kappa shape index (κ2) is 8.43. The van der Waals surface area contributed by atoms with Gasteiger partial charge in [-0.15, -0.1) is 0 Å². The van der Waals surface area contributed by atoms with Gasteiger partial charge in [0, 0.05) is 10.7 Å². The average molecular weight is 341 g/mol. The number of imidazole rings is 1. The molecule has 0 aliphatic rings. The van der Waals surface area contributed by atoms with Crippen LogP contribution in [0.15, 0.2) is 59.1 Å². The molecule has 2 heterocycles. The smallest absolute Gasteiger partial charge is 0.137 e. The molecule has 0 unspecified atom stereocenters. The Hall–Kier alpha value is -1.75. The van der Waals surface area contributed by atoms with Gasteiger partial charge in [-0.1, -0.05) is 18.2 Å². The number of fused-ring (bicyclic) bond motifs is 1. The summed E-state index contributed by atoms with van der Waals surface area (Å²) < 4.78 is 25.3. The van der Waals surface area contributed by atoms with E-state index in [4.69, 9.17) is 0 Å². The van der Waals surface area contributed by atoms with E-state index in [0.29, 0.717) is 7.18 Å². The highest BCUT2D eigenvalue weighted by atomic mass is 79.9. The van der Waals surface area contributed by atoms with Crippen LogP contribution in [0.4, 0.5) is 8.78 Å². The predicted molar refractivity (Wildman–Crippen MR) is 83.0 cm³/mol. The van der Waals surface area contributed by atoms with E-state index in [1.807, 2.05) is 28.8 Å². The first-order valence-electron chi connectivity index (χ1n) is 5.88. The minimum absolute atomic E-state index is 0.254. The maximum Gasteiger partial charge on any atom is 0.137 e. The molecule has 20 heavy (non-hydrogen) atoms. The molecule has 0 aliphatic carbocycles. The molecule has 0 saturated carbocycles. The van der Waals surface area contributed by atoms with E-state index in [-0.39, 0.29) is 5.83 Å². The first-order chi connectivity index (χ1) is 9.72. The molecular weight excluding hydrogens is 326 g/mol. The summed E-state index contributed by atoms with van der Waals surface area (Å²) in [5.74, 6) is 0.548. The van der Waals surface area contributed by atoms with Crippen LogP contribution in [0.5, 0.6) is 0 Å². The van der Waals surface area contributed by atoms with Gasteiger partial charge in [-0.05, 0) is 47.1 Å². The third kappa shape index (κ3) is 4.13. The molecule has 2 rings (SSSR count). The first-order valence-corrected chi connectivity index (χ1v) is 6.67. The second-order valence-corrected chi connectivity index (χ2v) is 4.47. The molecule has 0 bridgehead atoms. The Morgan fingerprint density at radius 1 is 1.35 bits per heavy atom. The van der Waals surface area contributed by atoms with E-state index in [0.717, 1.165) is 15.8 Å². The minimum Gasteiger partial charge on any atom is -0.299 e. The average Bonchev–Trinajstić information content (AvgIpc) is 2.90. The van der Waals surface area contributed by atoms with Crippen LogP contribution < -0.4 is 0 Å². The third-order valence-electron chi connectivity index (χ3n) is 2.44. The van der Waals surface area contributed by atoms with Gasteiger partial charge in [0.15, 0.2) is 0 Å². The van der Waals surface area contributed by atoms with Crippen LogP contribution in [-0.4, -0.2) is 16.6 Å². The number of hydrogen-bond acceptors (Lipinski definition) is 1. The Morgan fingerprint density at radius 2 is 2.10 bits per heavy atom. The van der Waals surface area contributed by atoms with Crippen molar-refractivity contribution in [2.75, 3.05) is 7.18 Å². The normalized spacial score (nSPS) is 12.2. The van der Waals surface area contributed by atoms with Crippen molar-refractivity contribution < 1.29 is 8.78 Å². The quantitative estimate of drug-likeness (QED) is 0.708. The predicted octanol–water partition coefficient (Wildman–Crippen LogP) is 5.13. The Kier molecular flexibility index (Phi) is 6.87. The number of aromatic nitrogens is 2. The lowest BCUT2D eigenvalue weighted by atomic mass is 10.4. The standard InChI is InChI=1S/C14H12BrFN2.CH3F/c1-2-11(16)6-3-4-8-14-17-10-13-12(15)7-5-9-18(13)14;1-2/h2-10H,1H3;1H3/b6-3-,8-4+,11-2+;. The van der Waals surface area contributed by atoms with Crippen LogP contribution in [0.3, 0.4) is 0 Å². The summed E-state index contributed by atoms with van der Waals surface area (Å²) >= 11 is 3.46. The molecule has 0 aromatic carbocycles. The van der Waals surface area contributed by atoms with Crippen LogP contribution >= 0.6 is 15.9 Å². The number of pyridine rings is 1. The largest absolute Gasteiger partial charge is 0.299 e. The van der Waals surface area contributed by atoms with Crippen molar-refractivity contribution in [1.82, 2.24) is 9.38 Å². The van der Waals surface area contributed by atoms with Crippen LogP contribution in [0.2, 0.25) is 0 Å². The van der Waals surface area contributed by atoms with E-state index in [1.165, 1.54) is 12.2 Å². The molecular formula is C15H15BrF2N2. The number of alkyl halides is 1. The van der Waals surface area contributed by atoms with Gasteiger partial charge in [0.1, 0.15) is 11.7 Å². The maximum absolute atomic E-state index is 12.8. The van der Waals surface area contributed by atoms with E-state index in [9.17, 15) is 8.78 Å². The molecule has 0 saturated heterocycles. The van der Waals surface area contributed by atoms with Crippen LogP contribution in [-0.2, 0) is 0 Å². The molecule has 0 atom stereocenters. The first kappa shape index (κ1) is 16.3. The zero-order valence-corrected chi connectivity index (χ0v) is 12.8. The fraction of sp³-hybridized carbons (Fsp3) is 0.133. The zero-order chi connectivity index (χ0) is 15.0. The Balaban J connectivity index is 0.000000956. The van der Waals surface area contributed by atoms with Crippen LogP contribution in [0, 0.1) is 0 Å². The summed E-state index contributed by atoms with van der Waals surface area (Å²) in [6.07, 6.45) is 11.8. The molecule has 106 valence electrons. The Labute approximate surface area is 125 Å². The van der Waals surface area contributed by atoms with Gasteiger partial charge in [-0.2, -0.15) is 0 Å². The summed E-state index contributed by atoms with van der Waals surface area (Å²) in [6, 6.07) is 3.90. The van der Waals surface area contributed by atoms with Gasteiger partial charge in [-0.25, -0.2) is 9.37 Å². The molecule has 2 nitrogen and oxygen atoms in total. The minimum atomic E-state index is -0.254. The SMILES string of the molecule is CF.C\C=C(F)/C=C\C=C\c1ncc2c(Br)cccn12. The van der Waals surface area contributed by atoms with Gasteiger partial charge in [0.25, 0.3) is 0 Å². The van der Waals surface area contributed by atoms with Crippen molar-refractivity contribution >= 4 is 27.5 Å². The summed E-state index contributed by atoms with van der Waals surface area (Å²) in [5, 5.41) is 0. The highest BCUT2D eigenvalue weighted by Crippen LogP contribution is 2.18. The molecule has 5 heteroatoms. The van der Waals surface area contributed by atoms with Gasteiger partial charge in [0.2, 0.25) is 0 Å². The number of rotatable bonds is 3. The number of hydrogen-bond donors (Lipinski definition) is 0. The lowest BCUT2D eigenvalue weighted by Crippen LogP contribution is -1.86. The van der Waals surface area contributed by atoms with Gasteiger partial charge >= 0.3 is 0 Å². The van der Waals surface area contributed by atoms with Crippen molar-refractivity contribution in [3.05, 3.63) is 65.0 Å². The van der Waals surface area contributed by atoms with Gasteiger partial charge in [0.05, 0.1) is 18.9 Å². The monoisotopic (exact) mass is 340 g/mol. The van der Waals surface area contributed by atoms with E-state index < -0.39 is 0 Å².